The van der Waals surface area contributed by atoms with Gasteiger partial charge >= 0.3 is 6.09 Å². The maximum Gasteiger partial charge on any atom is 0.407 e. The zero-order valence-electron chi connectivity index (χ0n) is 14.9. The number of nitrogens with zero attached hydrogens (tertiary/aromatic N) is 1. The van der Waals surface area contributed by atoms with Crippen LogP contribution in [0.5, 0.6) is 0 Å². The number of aromatic amines is 1. The molecule has 0 aliphatic heterocycles. The molecule has 6 heteroatoms. The number of H-pyrrole nitrogens is 1. The molecular weight excluding hydrogens is 318 g/mol. The number of aryl methyl sites for hydroxylation is 1. The maximum absolute atomic E-state index is 12.0. The van der Waals surface area contributed by atoms with Crippen LogP contribution in [0, 0.1) is 6.92 Å². The molecule has 2 heterocycles. The summed E-state index contributed by atoms with van der Waals surface area (Å²) < 4.78 is 11.1. The molecule has 25 heavy (non-hydrogen) atoms. The normalized spacial score (nSPS) is 13.0. The molecule has 0 spiro atoms. The molecule has 0 saturated heterocycles. The first-order valence-electron chi connectivity index (χ1n) is 8.28. The van der Waals surface area contributed by atoms with Crippen LogP contribution >= 0.6 is 0 Å². The Kier molecular flexibility index (Phi) is 4.53. The van der Waals surface area contributed by atoms with Gasteiger partial charge in [-0.15, -0.1) is 0 Å². The van der Waals surface area contributed by atoms with Crippen molar-refractivity contribution in [2.45, 2.75) is 39.2 Å². The van der Waals surface area contributed by atoms with Crippen molar-refractivity contribution in [3.8, 4) is 0 Å². The van der Waals surface area contributed by atoms with Crippen LogP contribution in [0.4, 0.5) is 4.79 Å². The van der Waals surface area contributed by atoms with E-state index in [1.54, 1.807) is 6.20 Å². The highest BCUT2D eigenvalue weighted by Gasteiger charge is 2.24. The lowest BCUT2D eigenvalue weighted by atomic mass is 9.98. The quantitative estimate of drug-likeness (QED) is 0.748. The molecule has 0 saturated carbocycles. The van der Waals surface area contributed by atoms with Gasteiger partial charge in [-0.05, 0) is 39.3 Å². The third-order valence-electron chi connectivity index (χ3n) is 3.78. The Morgan fingerprint density at radius 2 is 2.12 bits per heavy atom. The second-order valence-corrected chi connectivity index (χ2v) is 7.03. The summed E-state index contributed by atoms with van der Waals surface area (Å²) in [6.07, 6.45) is 3.16. The molecular formula is C19H23N3O3. The van der Waals surface area contributed by atoms with Gasteiger partial charge in [-0.2, -0.15) is 0 Å². The highest BCUT2D eigenvalue weighted by Crippen LogP contribution is 2.30. The smallest absolute Gasteiger partial charge is 0.407 e. The minimum absolute atomic E-state index is 0.211. The summed E-state index contributed by atoms with van der Waals surface area (Å²) in [6, 6.07) is 8.01. The number of ether oxygens (including phenoxy) is 1. The van der Waals surface area contributed by atoms with Crippen molar-refractivity contribution in [2.24, 2.45) is 0 Å². The van der Waals surface area contributed by atoms with Crippen molar-refractivity contribution in [3.05, 3.63) is 53.9 Å². The number of para-hydroxylation sites is 1. The SMILES string of the molecule is Cc1cnc([C@H](CNC(=O)OC(C)(C)C)c2c[nH]c3ccccc23)o1. The fraction of sp³-hybridized carbons (Fsp3) is 0.368. The summed E-state index contributed by atoms with van der Waals surface area (Å²) in [6.45, 7) is 7.68. The maximum atomic E-state index is 12.0. The second-order valence-electron chi connectivity index (χ2n) is 7.03. The van der Waals surface area contributed by atoms with E-state index in [1.165, 1.54) is 0 Å². The number of hydrogen-bond donors (Lipinski definition) is 2. The van der Waals surface area contributed by atoms with Gasteiger partial charge < -0.3 is 19.5 Å². The number of carbonyl (C=O) groups excluding carboxylic acids is 1. The number of fused-ring (bicyclic) bond motifs is 1. The summed E-state index contributed by atoms with van der Waals surface area (Å²) in [5, 5.41) is 3.90. The van der Waals surface area contributed by atoms with Gasteiger partial charge in [0.1, 0.15) is 11.4 Å². The predicted molar refractivity (Wildman–Crippen MR) is 95.6 cm³/mol. The molecule has 0 bridgehead atoms. The highest BCUT2D eigenvalue weighted by molar-refractivity contribution is 5.84. The first-order chi connectivity index (χ1) is 11.8. The van der Waals surface area contributed by atoms with Crippen LogP contribution in [0.2, 0.25) is 0 Å². The third kappa shape index (κ3) is 4.02. The lowest BCUT2D eigenvalue weighted by molar-refractivity contribution is 0.0525. The van der Waals surface area contributed by atoms with E-state index < -0.39 is 11.7 Å². The van der Waals surface area contributed by atoms with Gasteiger partial charge in [0.15, 0.2) is 0 Å². The number of benzene rings is 1. The van der Waals surface area contributed by atoms with Crippen molar-refractivity contribution in [1.29, 1.82) is 0 Å². The molecule has 0 aliphatic carbocycles. The number of alkyl carbamates (subject to hydrolysis) is 1. The number of rotatable bonds is 4. The molecule has 0 radical (unpaired) electrons. The lowest BCUT2D eigenvalue weighted by Crippen LogP contribution is -2.35. The standard InChI is InChI=1S/C19H23N3O3/c1-12-9-21-17(24-12)15(11-22-18(23)25-19(2,3)4)14-10-20-16-8-6-5-7-13(14)16/h5-10,15,20H,11H2,1-4H3,(H,22,23)/t15-/m1/s1. The summed E-state index contributed by atoms with van der Waals surface area (Å²) >= 11 is 0. The Labute approximate surface area is 146 Å². The molecule has 3 aromatic rings. The number of oxazole rings is 1. The molecule has 6 nitrogen and oxygen atoms in total. The summed E-state index contributed by atoms with van der Waals surface area (Å²) in [5.41, 5.74) is 1.51. The van der Waals surface area contributed by atoms with Crippen LogP contribution in [0.1, 0.15) is 43.9 Å². The van der Waals surface area contributed by atoms with E-state index in [-0.39, 0.29) is 5.92 Å². The number of hydrogen-bond acceptors (Lipinski definition) is 4. The van der Waals surface area contributed by atoms with E-state index >= 15 is 0 Å². The fourth-order valence-electron chi connectivity index (χ4n) is 2.75. The topological polar surface area (TPSA) is 80.1 Å². The van der Waals surface area contributed by atoms with Gasteiger partial charge in [0.25, 0.3) is 0 Å². The number of aromatic nitrogens is 2. The molecule has 1 amide bonds. The Morgan fingerprint density at radius 3 is 2.80 bits per heavy atom. The number of nitrogens with one attached hydrogen (secondary N) is 2. The largest absolute Gasteiger partial charge is 0.445 e. The summed E-state index contributed by atoms with van der Waals surface area (Å²) in [4.78, 5) is 19.7. The van der Waals surface area contributed by atoms with Crippen molar-refractivity contribution < 1.29 is 13.9 Å². The Balaban J connectivity index is 1.87. The van der Waals surface area contributed by atoms with Gasteiger partial charge in [-0.25, -0.2) is 9.78 Å². The average molecular weight is 341 g/mol. The van der Waals surface area contributed by atoms with Crippen LogP contribution < -0.4 is 5.32 Å². The second kappa shape index (κ2) is 6.63. The zero-order valence-corrected chi connectivity index (χ0v) is 14.9. The Hall–Kier alpha value is -2.76. The van der Waals surface area contributed by atoms with Crippen molar-refractivity contribution in [3.63, 3.8) is 0 Å². The predicted octanol–water partition coefficient (Wildman–Crippen LogP) is 4.12. The van der Waals surface area contributed by atoms with Gasteiger partial charge in [-0.1, -0.05) is 18.2 Å². The van der Waals surface area contributed by atoms with E-state index in [1.807, 2.05) is 58.2 Å². The molecule has 2 N–H and O–H groups in total. The van der Waals surface area contributed by atoms with Gasteiger partial charge in [0.05, 0.1) is 12.1 Å². The van der Waals surface area contributed by atoms with E-state index in [0.717, 1.165) is 22.2 Å². The van der Waals surface area contributed by atoms with Crippen molar-refractivity contribution in [2.75, 3.05) is 6.54 Å². The molecule has 132 valence electrons. The first kappa shape index (κ1) is 17.1. The molecule has 2 aromatic heterocycles. The van der Waals surface area contributed by atoms with Gasteiger partial charge in [0.2, 0.25) is 5.89 Å². The minimum atomic E-state index is -0.542. The molecule has 0 fully saturated rings. The fourth-order valence-corrected chi connectivity index (χ4v) is 2.75. The van der Waals surface area contributed by atoms with E-state index in [2.05, 4.69) is 15.3 Å². The molecule has 0 unspecified atom stereocenters. The summed E-state index contributed by atoms with van der Waals surface area (Å²) in [5.74, 6) is 1.09. The van der Waals surface area contributed by atoms with Gasteiger partial charge in [-0.3, -0.25) is 0 Å². The van der Waals surface area contributed by atoms with Crippen LogP contribution in [-0.4, -0.2) is 28.2 Å². The van der Waals surface area contributed by atoms with Crippen molar-refractivity contribution >= 4 is 17.0 Å². The van der Waals surface area contributed by atoms with E-state index in [4.69, 9.17) is 9.15 Å². The highest BCUT2D eigenvalue weighted by atomic mass is 16.6. The number of carbonyl (C=O) groups is 1. The third-order valence-corrected chi connectivity index (χ3v) is 3.78. The first-order valence-corrected chi connectivity index (χ1v) is 8.28. The lowest BCUT2D eigenvalue weighted by Gasteiger charge is -2.21. The Morgan fingerprint density at radius 1 is 1.36 bits per heavy atom. The molecule has 1 atom stereocenters. The van der Waals surface area contributed by atoms with E-state index in [9.17, 15) is 4.79 Å². The summed E-state index contributed by atoms with van der Waals surface area (Å²) in [7, 11) is 0. The van der Waals surface area contributed by atoms with Crippen LogP contribution in [0.3, 0.4) is 0 Å². The van der Waals surface area contributed by atoms with Crippen LogP contribution in [0.15, 0.2) is 41.1 Å². The van der Waals surface area contributed by atoms with Crippen LogP contribution in [-0.2, 0) is 4.74 Å². The Bertz CT molecular complexity index is 873. The average Bonchev–Trinajstić information content (AvgIpc) is 3.13. The minimum Gasteiger partial charge on any atom is -0.445 e. The monoisotopic (exact) mass is 341 g/mol. The van der Waals surface area contributed by atoms with Crippen LogP contribution in [0.25, 0.3) is 10.9 Å². The van der Waals surface area contributed by atoms with E-state index in [0.29, 0.717) is 12.4 Å². The van der Waals surface area contributed by atoms with Gasteiger partial charge in [0, 0.05) is 23.6 Å². The molecule has 0 aliphatic rings. The molecule has 1 aromatic carbocycles. The zero-order chi connectivity index (χ0) is 18.0. The van der Waals surface area contributed by atoms with Crippen molar-refractivity contribution in [1.82, 2.24) is 15.3 Å². The molecule has 3 rings (SSSR count). The number of amides is 1.